The Morgan fingerprint density at radius 2 is 1.86 bits per heavy atom. The predicted octanol–water partition coefficient (Wildman–Crippen LogP) is 1.63. The maximum absolute atomic E-state index is 11.7. The lowest BCUT2D eigenvalue weighted by Crippen LogP contribution is -2.49. The first kappa shape index (κ1) is 17.0. The molecule has 0 aliphatic heterocycles. The van der Waals surface area contributed by atoms with Crippen LogP contribution >= 0.6 is 0 Å². The summed E-state index contributed by atoms with van der Waals surface area (Å²) in [6.45, 7) is 8.67. The van der Waals surface area contributed by atoms with Gasteiger partial charge in [-0.3, -0.25) is 4.79 Å². The molecule has 3 N–H and O–H groups in total. The topological polar surface area (TPSA) is 113 Å². The summed E-state index contributed by atoms with van der Waals surface area (Å²) in [5.41, 5.74) is -0.0943. The molecular weight excluding hydrogens is 278 g/mol. The number of hydrogen-bond acceptors (Lipinski definition) is 4. The zero-order valence-corrected chi connectivity index (χ0v) is 12.4. The normalized spacial score (nSPS) is 23.5. The summed E-state index contributed by atoms with van der Waals surface area (Å²) in [5.74, 6) is -3.98. The number of carboxylic acids is 2. The lowest BCUT2D eigenvalue weighted by molar-refractivity contribution is -0.146. The maximum atomic E-state index is 11.7. The van der Waals surface area contributed by atoms with Gasteiger partial charge in [0, 0.05) is 5.92 Å². The summed E-state index contributed by atoms with van der Waals surface area (Å²) in [6.07, 6.45) is -0.402. The molecule has 0 heterocycles. The second-order valence-corrected chi connectivity index (χ2v) is 6.23. The monoisotopic (exact) mass is 299 g/mol. The SMILES string of the molecule is C=C1CC(C(=O)O)C(C(NC(=O)OC(C)(C)C)C(=O)O)C1. The van der Waals surface area contributed by atoms with Crippen LogP contribution in [0.25, 0.3) is 0 Å². The van der Waals surface area contributed by atoms with Gasteiger partial charge in [-0.1, -0.05) is 12.2 Å². The lowest BCUT2D eigenvalue weighted by Gasteiger charge is -2.26. The molecule has 0 aromatic rings. The molecule has 7 heteroatoms. The standard InChI is InChI=1S/C14H21NO6/c1-7-5-8(9(6-7)11(16)17)10(12(18)19)15-13(20)21-14(2,3)4/h8-10H,1,5-6H2,2-4H3,(H,15,20)(H,16,17)(H,18,19). The van der Waals surface area contributed by atoms with Crippen LogP contribution in [0.3, 0.4) is 0 Å². The Balaban J connectivity index is 2.87. The van der Waals surface area contributed by atoms with Crippen LogP contribution in [-0.4, -0.2) is 39.9 Å². The highest BCUT2D eigenvalue weighted by molar-refractivity contribution is 5.82. The Morgan fingerprint density at radius 3 is 2.29 bits per heavy atom. The summed E-state index contributed by atoms with van der Waals surface area (Å²) < 4.78 is 5.02. The average molecular weight is 299 g/mol. The van der Waals surface area contributed by atoms with Crippen molar-refractivity contribution in [3.63, 3.8) is 0 Å². The lowest BCUT2D eigenvalue weighted by atomic mass is 9.89. The van der Waals surface area contributed by atoms with E-state index in [0.29, 0.717) is 5.57 Å². The number of rotatable bonds is 4. The third-order valence-corrected chi connectivity index (χ3v) is 3.23. The number of allylic oxidation sites excluding steroid dienone is 1. The van der Waals surface area contributed by atoms with Gasteiger partial charge in [0.15, 0.2) is 0 Å². The predicted molar refractivity (Wildman–Crippen MR) is 73.8 cm³/mol. The van der Waals surface area contributed by atoms with Crippen molar-refractivity contribution in [2.24, 2.45) is 11.8 Å². The van der Waals surface area contributed by atoms with Gasteiger partial charge in [0.25, 0.3) is 0 Å². The van der Waals surface area contributed by atoms with Crippen molar-refractivity contribution in [3.8, 4) is 0 Å². The molecule has 3 atom stereocenters. The number of hydrogen-bond donors (Lipinski definition) is 3. The van der Waals surface area contributed by atoms with E-state index in [2.05, 4.69) is 11.9 Å². The third kappa shape index (κ3) is 4.77. The molecule has 1 amide bonds. The van der Waals surface area contributed by atoms with E-state index < -0.39 is 41.5 Å². The summed E-state index contributed by atoms with van der Waals surface area (Å²) in [5, 5.41) is 20.7. The van der Waals surface area contributed by atoms with Gasteiger partial charge in [-0.2, -0.15) is 0 Å². The minimum atomic E-state index is -1.32. The Hall–Kier alpha value is -2.05. The van der Waals surface area contributed by atoms with Crippen molar-refractivity contribution < 1.29 is 29.3 Å². The molecule has 3 unspecified atom stereocenters. The quantitative estimate of drug-likeness (QED) is 0.680. The summed E-state index contributed by atoms with van der Waals surface area (Å²) >= 11 is 0. The van der Waals surface area contributed by atoms with E-state index in [9.17, 15) is 24.6 Å². The molecule has 0 aromatic carbocycles. The second kappa shape index (κ2) is 6.15. The number of carboxylic acid groups (broad SMARTS) is 2. The van der Waals surface area contributed by atoms with Crippen LogP contribution in [0.2, 0.25) is 0 Å². The van der Waals surface area contributed by atoms with Gasteiger partial charge in [0.05, 0.1) is 5.92 Å². The van der Waals surface area contributed by atoms with E-state index in [0.717, 1.165) is 0 Å². The van der Waals surface area contributed by atoms with Crippen LogP contribution in [0, 0.1) is 11.8 Å². The third-order valence-electron chi connectivity index (χ3n) is 3.23. The molecule has 1 fully saturated rings. The van der Waals surface area contributed by atoms with Crippen LogP contribution in [0.4, 0.5) is 4.79 Å². The smallest absolute Gasteiger partial charge is 0.408 e. The average Bonchev–Trinajstić information content (AvgIpc) is 2.65. The highest BCUT2D eigenvalue weighted by Gasteiger charge is 2.43. The van der Waals surface area contributed by atoms with Gasteiger partial charge in [-0.15, -0.1) is 0 Å². The molecule has 1 aliphatic rings. The summed E-state index contributed by atoms with van der Waals surface area (Å²) in [4.78, 5) is 34.3. The molecule has 1 aliphatic carbocycles. The van der Waals surface area contributed by atoms with E-state index in [1.807, 2.05) is 0 Å². The van der Waals surface area contributed by atoms with Gasteiger partial charge in [0.2, 0.25) is 0 Å². The molecule has 21 heavy (non-hydrogen) atoms. The van der Waals surface area contributed by atoms with Gasteiger partial charge in [-0.25, -0.2) is 9.59 Å². The molecule has 1 saturated carbocycles. The van der Waals surface area contributed by atoms with E-state index >= 15 is 0 Å². The van der Waals surface area contributed by atoms with Crippen molar-refractivity contribution in [2.45, 2.75) is 45.3 Å². The van der Waals surface area contributed by atoms with Gasteiger partial charge >= 0.3 is 18.0 Å². The molecule has 0 radical (unpaired) electrons. The van der Waals surface area contributed by atoms with Crippen LogP contribution in [0.5, 0.6) is 0 Å². The van der Waals surface area contributed by atoms with E-state index in [1.165, 1.54) is 0 Å². The maximum Gasteiger partial charge on any atom is 0.408 e. The van der Waals surface area contributed by atoms with E-state index in [4.69, 9.17) is 4.74 Å². The molecule has 1 rings (SSSR count). The Morgan fingerprint density at radius 1 is 1.29 bits per heavy atom. The highest BCUT2D eigenvalue weighted by atomic mass is 16.6. The minimum absolute atomic E-state index is 0.222. The number of carbonyl (C=O) groups is 3. The fraction of sp³-hybridized carbons (Fsp3) is 0.643. The fourth-order valence-electron chi connectivity index (χ4n) is 2.43. The van der Waals surface area contributed by atoms with Crippen molar-refractivity contribution in [1.82, 2.24) is 5.32 Å². The molecule has 0 aromatic heterocycles. The van der Waals surface area contributed by atoms with Crippen LogP contribution in [0.15, 0.2) is 12.2 Å². The number of nitrogens with one attached hydrogen (secondary N) is 1. The Labute approximate surface area is 123 Å². The van der Waals surface area contributed by atoms with Crippen molar-refractivity contribution in [1.29, 1.82) is 0 Å². The first-order valence-corrected chi connectivity index (χ1v) is 6.63. The van der Waals surface area contributed by atoms with Gasteiger partial charge in [0.1, 0.15) is 11.6 Å². The molecule has 7 nitrogen and oxygen atoms in total. The van der Waals surface area contributed by atoms with Crippen LogP contribution in [-0.2, 0) is 14.3 Å². The van der Waals surface area contributed by atoms with Crippen molar-refractivity contribution in [3.05, 3.63) is 12.2 Å². The van der Waals surface area contributed by atoms with Crippen LogP contribution in [0.1, 0.15) is 33.6 Å². The molecular formula is C14H21NO6. The fourth-order valence-corrected chi connectivity index (χ4v) is 2.43. The number of amides is 1. The van der Waals surface area contributed by atoms with Gasteiger partial charge in [-0.05, 0) is 33.6 Å². The van der Waals surface area contributed by atoms with E-state index in [-0.39, 0.29) is 12.8 Å². The molecule has 0 spiro atoms. The number of aliphatic carboxylic acids is 2. The highest BCUT2D eigenvalue weighted by Crippen LogP contribution is 2.37. The Bertz CT molecular complexity index is 465. The zero-order valence-electron chi connectivity index (χ0n) is 12.4. The Kier molecular flexibility index (Phi) is 4.98. The second-order valence-electron chi connectivity index (χ2n) is 6.23. The van der Waals surface area contributed by atoms with Crippen LogP contribution < -0.4 is 5.32 Å². The first-order valence-electron chi connectivity index (χ1n) is 6.63. The zero-order chi connectivity index (χ0) is 16.4. The first-order chi connectivity index (χ1) is 9.51. The number of carbonyl (C=O) groups excluding carboxylic acids is 1. The number of ether oxygens (including phenoxy) is 1. The summed E-state index contributed by atoms with van der Waals surface area (Å²) in [7, 11) is 0. The molecule has 0 bridgehead atoms. The van der Waals surface area contributed by atoms with E-state index in [1.54, 1.807) is 20.8 Å². The summed E-state index contributed by atoms with van der Waals surface area (Å²) in [6, 6.07) is -1.32. The van der Waals surface area contributed by atoms with Crippen molar-refractivity contribution >= 4 is 18.0 Å². The molecule has 118 valence electrons. The minimum Gasteiger partial charge on any atom is -0.481 e. The number of alkyl carbamates (subject to hydrolysis) is 1. The largest absolute Gasteiger partial charge is 0.481 e. The van der Waals surface area contributed by atoms with Crippen molar-refractivity contribution in [2.75, 3.05) is 0 Å². The molecule has 0 saturated heterocycles. The van der Waals surface area contributed by atoms with Gasteiger partial charge < -0.3 is 20.3 Å².